The maximum Gasteiger partial charge on any atom is 0.191 e. The maximum absolute atomic E-state index is 12.4. The lowest BCUT2D eigenvalue weighted by Crippen LogP contribution is -2.39. The van der Waals surface area contributed by atoms with Crippen LogP contribution >= 0.6 is 0 Å². The highest BCUT2D eigenvalue weighted by atomic mass is 16.1. The Morgan fingerprint density at radius 3 is 2.62 bits per heavy atom. The number of hydrogen-bond donors (Lipinski definition) is 2. The fourth-order valence-electron chi connectivity index (χ4n) is 3.87. The Bertz CT molecular complexity index is 979. The summed E-state index contributed by atoms with van der Waals surface area (Å²) in [5.74, 6) is 0. The number of benzene rings is 2. The van der Waals surface area contributed by atoms with Crippen molar-refractivity contribution in [2.45, 2.75) is 32.7 Å². The summed E-state index contributed by atoms with van der Waals surface area (Å²) < 4.78 is 0. The molecule has 0 aliphatic carbocycles. The summed E-state index contributed by atoms with van der Waals surface area (Å²) in [5.41, 5.74) is 5.94. The van der Waals surface area contributed by atoms with E-state index in [9.17, 15) is 4.79 Å². The van der Waals surface area contributed by atoms with E-state index in [0.29, 0.717) is 6.04 Å². The number of aromatic amines is 1. The molecule has 0 bridgehead atoms. The number of nitrogens with zero attached hydrogens (tertiary/aromatic N) is 1. The third-order valence-corrected chi connectivity index (χ3v) is 5.56. The monoisotopic (exact) mass is 347 g/mol. The fourth-order valence-corrected chi connectivity index (χ4v) is 3.87. The number of fused-ring (bicyclic) bond motifs is 1. The Balaban J connectivity index is 1.51. The van der Waals surface area contributed by atoms with Crippen LogP contribution < -0.4 is 15.6 Å². The first-order valence-corrected chi connectivity index (χ1v) is 9.31. The summed E-state index contributed by atoms with van der Waals surface area (Å²) in [6, 6.07) is 14.6. The van der Waals surface area contributed by atoms with E-state index in [2.05, 4.69) is 53.3 Å². The van der Waals surface area contributed by atoms with Crippen molar-refractivity contribution in [2.24, 2.45) is 0 Å². The molecule has 3 aromatic rings. The van der Waals surface area contributed by atoms with Gasteiger partial charge < -0.3 is 15.2 Å². The molecule has 0 amide bonds. The quantitative estimate of drug-likeness (QED) is 0.745. The minimum Gasteiger partial charge on any atom is -0.382 e. The summed E-state index contributed by atoms with van der Waals surface area (Å²) in [5, 5.41) is 4.52. The first-order chi connectivity index (χ1) is 12.6. The van der Waals surface area contributed by atoms with Crippen LogP contribution in [0.2, 0.25) is 0 Å². The molecule has 26 heavy (non-hydrogen) atoms. The molecule has 1 fully saturated rings. The summed E-state index contributed by atoms with van der Waals surface area (Å²) in [7, 11) is 0. The van der Waals surface area contributed by atoms with Crippen LogP contribution in [0.15, 0.2) is 53.5 Å². The number of H-pyrrole nitrogens is 1. The van der Waals surface area contributed by atoms with E-state index < -0.39 is 0 Å². The zero-order valence-electron chi connectivity index (χ0n) is 15.4. The topological polar surface area (TPSA) is 48.1 Å². The number of aryl methyl sites for hydroxylation is 1. The number of piperidine rings is 1. The van der Waals surface area contributed by atoms with E-state index >= 15 is 0 Å². The van der Waals surface area contributed by atoms with Crippen LogP contribution in [0, 0.1) is 13.8 Å². The lowest BCUT2D eigenvalue weighted by molar-refractivity contribution is 0.527. The highest BCUT2D eigenvalue weighted by Gasteiger charge is 2.21. The van der Waals surface area contributed by atoms with Gasteiger partial charge in [-0.25, -0.2) is 0 Å². The number of nitrogens with one attached hydrogen (secondary N) is 2. The zero-order chi connectivity index (χ0) is 18.1. The smallest absolute Gasteiger partial charge is 0.191 e. The Morgan fingerprint density at radius 2 is 1.81 bits per heavy atom. The van der Waals surface area contributed by atoms with Crippen LogP contribution in [-0.4, -0.2) is 24.1 Å². The minimum absolute atomic E-state index is 0.0879. The molecule has 0 atom stereocenters. The summed E-state index contributed by atoms with van der Waals surface area (Å²) in [6.45, 7) is 6.24. The van der Waals surface area contributed by atoms with Crippen molar-refractivity contribution in [3.63, 3.8) is 0 Å². The average Bonchev–Trinajstić information content (AvgIpc) is 2.66. The minimum atomic E-state index is 0.0879. The highest BCUT2D eigenvalue weighted by molar-refractivity contribution is 5.91. The Labute approximate surface area is 153 Å². The second kappa shape index (κ2) is 6.87. The number of rotatable bonds is 3. The van der Waals surface area contributed by atoms with Gasteiger partial charge in [0.2, 0.25) is 0 Å². The van der Waals surface area contributed by atoms with Crippen molar-refractivity contribution in [1.82, 2.24) is 4.98 Å². The van der Waals surface area contributed by atoms with Gasteiger partial charge in [0.15, 0.2) is 5.43 Å². The molecule has 1 aromatic heterocycles. The van der Waals surface area contributed by atoms with Gasteiger partial charge in [-0.3, -0.25) is 4.79 Å². The van der Waals surface area contributed by atoms with Gasteiger partial charge in [0.05, 0.1) is 16.6 Å². The van der Waals surface area contributed by atoms with Crippen LogP contribution in [0.25, 0.3) is 10.9 Å². The summed E-state index contributed by atoms with van der Waals surface area (Å²) in [4.78, 5) is 17.9. The van der Waals surface area contributed by atoms with Crippen LogP contribution in [-0.2, 0) is 0 Å². The molecule has 0 unspecified atom stereocenters. The number of aromatic nitrogens is 1. The summed E-state index contributed by atoms with van der Waals surface area (Å²) >= 11 is 0. The second-order valence-corrected chi connectivity index (χ2v) is 7.19. The van der Waals surface area contributed by atoms with E-state index in [1.807, 2.05) is 12.1 Å². The predicted molar refractivity (Wildman–Crippen MR) is 109 cm³/mol. The normalized spacial score (nSPS) is 15.4. The number of hydrogen-bond acceptors (Lipinski definition) is 3. The zero-order valence-corrected chi connectivity index (χ0v) is 15.4. The molecule has 2 N–H and O–H groups in total. The Morgan fingerprint density at radius 1 is 1.04 bits per heavy atom. The van der Waals surface area contributed by atoms with Crippen LogP contribution in [0.4, 0.5) is 11.4 Å². The van der Waals surface area contributed by atoms with Gasteiger partial charge in [0.1, 0.15) is 0 Å². The Hall–Kier alpha value is -2.75. The van der Waals surface area contributed by atoms with Crippen LogP contribution in [0.1, 0.15) is 24.0 Å². The van der Waals surface area contributed by atoms with Crippen molar-refractivity contribution in [3.8, 4) is 0 Å². The molecular weight excluding hydrogens is 322 g/mol. The average molecular weight is 347 g/mol. The molecule has 0 radical (unpaired) electrons. The molecule has 4 nitrogen and oxygen atoms in total. The van der Waals surface area contributed by atoms with Gasteiger partial charge in [-0.05, 0) is 56.0 Å². The van der Waals surface area contributed by atoms with Crippen molar-refractivity contribution >= 4 is 22.3 Å². The van der Waals surface area contributed by atoms with Crippen molar-refractivity contribution < 1.29 is 0 Å². The van der Waals surface area contributed by atoms with Crippen molar-refractivity contribution in [2.75, 3.05) is 23.3 Å². The standard InChI is InChI=1S/C22H25N3O/c1-15-5-3-6-18(16(15)2)24-17-10-13-25(14-11-17)20-8-4-7-19-22(20)21(26)9-12-23-19/h3-9,12,17,24H,10-11,13-14H2,1-2H3,(H,23,26). The fraction of sp³-hybridized carbons (Fsp3) is 0.318. The van der Waals surface area contributed by atoms with Gasteiger partial charge in [-0.15, -0.1) is 0 Å². The van der Waals surface area contributed by atoms with Gasteiger partial charge in [0, 0.05) is 37.1 Å². The van der Waals surface area contributed by atoms with E-state index in [4.69, 9.17) is 0 Å². The SMILES string of the molecule is Cc1cccc(NC2CCN(c3cccc4[nH]ccc(=O)c34)CC2)c1C. The van der Waals surface area contributed by atoms with E-state index in [0.717, 1.165) is 42.5 Å². The lowest BCUT2D eigenvalue weighted by atomic mass is 10.0. The Kier molecular flexibility index (Phi) is 4.41. The number of anilines is 2. The molecule has 1 aliphatic rings. The molecular formula is C22H25N3O. The molecule has 1 saturated heterocycles. The molecule has 4 rings (SSSR count). The van der Waals surface area contributed by atoms with Crippen molar-refractivity contribution in [3.05, 3.63) is 70.0 Å². The van der Waals surface area contributed by atoms with Crippen molar-refractivity contribution in [1.29, 1.82) is 0 Å². The molecule has 2 heterocycles. The van der Waals surface area contributed by atoms with Gasteiger partial charge in [-0.1, -0.05) is 18.2 Å². The molecule has 0 spiro atoms. The third kappa shape index (κ3) is 3.07. The van der Waals surface area contributed by atoms with Gasteiger partial charge in [0.25, 0.3) is 0 Å². The van der Waals surface area contributed by atoms with Gasteiger partial charge in [-0.2, -0.15) is 0 Å². The van der Waals surface area contributed by atoms with Gasteiger partial charge >= 0.3 is 0 Å². The molecule has 0 saturated carbocycles. The molecule has 1 aliphatic heterocycles. The van der Waals surface area contributed by atoms with E-state index in [1.54, 1.807) is 12.3 Å². The first-order valence-electron chi connectivity index (χ1n) is 9.31. The number of pyridine rings is 1. The van der Waals surface area contributed by atoms with Crippen LogP contribution in [0.3, 0.4) is 0 Å². The first kappa shape index (κ1) is 16.7. The lowest BCUT2D eigenvalue weighted by Gasteiger charge is -2.35. The predicted octanol–water partition coefficient (Wildman–Crippen LogP) is 4.23. The molecule has 2 aromatic carbocycles. The van der Waals surface area contributed by atoms with E-state index in [-0.39, 0.29) is 5.43 Å². The molecule has 134 valence electrons. The van der Waals surface area contributed by atoms with E-state index in [1.165, 1.54) is 16.8 Å². The third-order valence-electron chi connectivity index (χ3n) is 5.56. The molecule has 4 heteroatoms. The van der Waals surface area contributed by atoms with Crippen LogP contribution in [0.5, 0.6) is 0 Å². The highest BCUT2D eigenvalue weighted by Crippen LogP contribution is 2.27. The maximum atomic E-state index is 12.4. The second-order valence-electron chi connectivity index (χ2n) is 7.19. The largest absolute Gasteiger partial charge is 0.382 e. The summed E-state index contributed by atoms with van der Waals surface area (Å²) in [6.07, 6.45) is 3.85.